The molecule has 0 spiro atoms. The largest absolute Gasteiger partial charge is 0.484 e. The van der Waals surface area contributed by atoms with Gasteiger partial charge >= 0.3 is 0 Å². The van der Waals surface area contributed by atoms with E-state index >= 15 is 0 Å². The molecule has 0 aromatic heterocycles. The smallest absolute Gasteiger partial charge is 0.261 e. The number of ether oxygens (including phenoxy) is 1. The van der Waals surface area contributed by atoms with Crippen LogP contribution < -0.4 is 10.1 Å². The number of rotatable bonds is 10. The van der Waals surface area contributed by atoms with Crippen molar-refractivity contribution in [1.29, 1.82) is 0 Å². The Labute approximate surface area is 219 Å². The molecule has 0 aliphatic carbocycles. The maximum Gasteiger partial charge on any atom is 0.261 e. The molecule has 2 amide bonds. The van der Waals surface area contributed by atoms with E-state index in [1.807, 2.05) is 101 Å². The molecule has 1 unspecified atom stereocenters. The van der Waals surface area contributed by atoms with Crippen molar-refractivity contribution in [3.05, 3.63) is 99.6 Å². The van der Waals surface area contributed by atoms with Gasteiger partial charge in [0.15, 0.2) is 6.61 Å². The molecule has 0 saturated heterocycles. The van der Waals surface area contributed by atoms with Gasteiger partial charge in [-0.2, -0.15) is 0 Å². The van der Waals surface area contributed by atoms with Gasteiger partial charge in [0.2, 0.25) is 5.91 Å². The highest BCUT2D eigenvalue weighted by Crippen LogP contribution is 2.26. The monoisotopic (exact) mass is 506 g/mol. The van der Waals surface area contributed by atoms with E-state index in [1.54, 1.807) is 4.90 Å². The molecule has 1 N–H and O–H groups in total. The molecule has 0 heterocycles. The van der Waals surface area contributed by atoms with Gasteiger partial charge in [-0.1, -0.05) is 66.2 Å². The fourth-order valence-corrected chi connectivity index (χ4v) is 4.23. The summed E-state index contributed by atoms with van der Waals surface area (Å²) in [5.41, 5.74) is 4.79. The summed E-state index contributed by atoms with van der Waals surface area (Å²) in [5, 5.41) is 3.69. The first-order chi connectivity index (χ1) is 17.2. The fourth-order valence-electron chi connectivity index (χ4n) is 4.12. The number of halogens is 1. The van der Waals surface area contributed by atoms with Crippen LogP contribution in [0.25, 0.3) is 0 Å². The number of nitrogens with one attached hydrogen (secondary N) is 1. The molecule has 5 nitrogen and oxygen atoms in total. The number of carbonyl (C=O) groups is 2. The number of nitrogens with zero attached hydrogens (tertiary/aromatic N) is 1. The van der Waals surface area contributed by atoms with Crippen LogP contribution in [0.5, 0.6) is 5.75 Å². The molecule has 3 aromatic rings. The maximum atomic E-state index is 13.7. The van der Waals surface area contributed by atoms with Crippen LogP contribution in [0.3, 0.4) is 0 Å². The third-order valence-electron chi connectivity index (χ3n) is 6.08. The van der Waals surface area contributed by atoms with E-state index in [1.165, 1.54) is 0 Å². The van der Waals surface area contributed by atoms with E-state index in [-0.39, 0.29) is 24.5 Å². The first-order valence-electron chi connectivity index (χ1n) is 12.2. The average Bonchev–Trinajstić information content (AvgIpc) is 2.84. The summed E-state index contributed by atoms with van der Waals surface area (Å²) in [6.07, 6.45) is 0.399. The highest BCUT2D eigenvalue weighted by Gasteiger charge is 2.31. The van der Waals surface area contributed by atoms with Crippen molar-refractivity contribution in [2.75, 3.05) is 6.61 Å². The molecule has 190 valence electrons. The van der Waals surface area contributed by atoms with Gasteiger partial charge in [0.25, 0.3) is 5.91 Å². The Bertz CT molecular complexity index is 1170. The lowest BCUT2D eigenvalue weighted by Crippen LogP contribution is -2.52. The Morgan fingerprint density at radius 1 is 0.917 bits per heavy atom. The van der Waals surface area contributed by atoms with Gasteiger partial charge in [0, 0.05) is 24.0 Å². The summed E-state index contributed by atoms with van der Waals surface area (Å²) in [6.45, 7) is 9.76. The Balaban J connectivity index is 1.93. The van der Waals surface area contributed by atoms with Crippen molar-refractivity contribution in [3.63, 3.8) is 0 Å². The lowest BCUT2D eigenvalue weighted by atomic mass is 10.0. The number of benzene rings is 3. The molecule has 36 heavy (non-hydrogen) atoms. The molecule has 0 saturated carbocycles. The van der Waals surface area contributed by atoms with Crippen LogP contribution in [0, 0.1) is 20.8 Å². The number of amides is 2. The summed E-state index contributed by atoms with van der Waals surface area (Å²) >= 11 is 6.29. The van der Waals surface area contributed by atoms with Gasteiger partial charge in [0.05, 0.1) is 0 Å². The molecular formula is C30H35ClN2O3. The minimum absolute atomic E-state index is 0.0533. The third-order valence-corrected chi connectivity index (χ3v) is 6.67. The van der Waals surface area contributed by atoms with Crippen molar-refractivity contribution in [2.24, 2.45) is 0 Å². The van der Waals surface area contributed by atoms with Gasteiger partial charge in [-0.05, 0) is 74.6 Å². The van der Waals surface area contributed by atoms with E-state index in [2.05, 4.69) is 5.32 Å². The second-order valence-electron chi connectivity index (χ2n) is 9.48. The van der Waals surface area contributed by atoms with Gasteiger partial charge in [-0.15, -0.1) is 0 Å². The lowest BCUT2D eigenvalue weighted by molar-refractivity contribution is -0.143. The molecule has 6 heteroatoms. The average molecular weight is 507 g/mol. The van der Waals surface area contributed by atoms with Crippen LogP contribution in [0.2, 0.25) is 5.02 Å². The number of hydrogen-bond acceptors (Lipinski definition) is 3. The minimum atomic E-state index is -0.695. The zero-order valence-electron chi connectivity index (χ0n) is 21.7. The van der Waals surface area contributed by atoms with Crippen LogP contribution in [-0.2, 0) is 22.6 Å². The predicted molar refractivity (Wildman–Crippen MR) is 145 cm³/mol. The Kier molecular flexibility index (Phi) is 9.54. The number of hydrogen-bond donors (Lipinski definition) is 1. The summed E-state index contributed by atoms with van der Waals surface area (Å²) in [4.78, 5) is 28.7. The second-order valence-corrected chi connectivity index (χ2v) is 9.85. The van der Waals surface area contributed by atoms with Gasteiger partial charge in [-0.25, -0.2) is 0 Å². The van der Waals surface area contributed by atoms with E-state index in [0.717, 1.165) is 27.8 Å². The van der Waals surface area contributed by atoms with Crippen molar-refractivity contribution in [3.8, 4) is 5.75 Å². The fraction of sp³-hybridized carbons (Fsp3) is 0.333. The van der Waals surface area contributed by atoms with Crippen LogP contribution in [-0.4, -0.2) is 35.4 Å². The zero-order valence-corrected chi connectivity index (χ0v) is 22.4. The predicted octanol–water partition coefficient (Wildman–Crippen LogP) is 5.81. The first kappa shape index (κ1) is 27.3. The van der Waals surface area contributed by atoms with Gasteiger partial charge in [0.1, 0.15) is 11.8 Å². The summed E-state index contributed by atoms with van der Waals surface area (Å²) in [5.74, 6) is 0.127. The van der Waals surface area contributed by atoms with Crippen molar-refractivity contribution >= 4 is 23.4 Å². The van der Waals surface area contributed by atoms with Crippen LogP contribution in [0.1, 0.15) is 41.7 Å². The molecule has 1 atom stereocenters. The SMILES string of the molecule is Cc1ccccc1CN(C(=O)COc1cc(C)c(Cl)c(C)c1)C(Cc1ccccc1)C(=O)NC(C)C. The maximum absolute atomic E-state index is 13.7. The summed E-state index contributed by atoms with van der Waals surface area (Å²) in [7, 11) is 0. The Hall–Kier alpha value is -3.31. The van der Waals surface area contributed by atoms with Gasteiger partial charge < -0.3 is 15.0 Å². The van der Waals surface area contributed by atoms with Crippen LogP contribution in [0.15, 0.2) is 66.7 Å². The van der Waals surface area contributed by atoms with Crippen molar-refractivity contribution in [2.45, 2.75) is 59.7 Å². The van der Waals surface area contributed by atoms with E-state index in [9.17, 15) is 9.59 Å². The minimum Gasteiger partial charge on any atom is -0.484 e. The Morgan fingerprint density at radius 3 is 2.14 bits per heavy atom. The third kappa shape index (κ3) is 7.34. The van der Waals surface area contributed by atoms with E-state index in [0.29, 0.717) is 23.7 Å². The standard InChI is InChI=1S/C30H35ClN2O3/c1-20(2)32-30(35)27(17-24-12-7-6-8-13-24)33(18-25-14-10-9-11-21(25)3)28(34)19-36-26-15-22(4)29(31)23(5)16-26/h6-16,20,27H,17-19H2,1-5H3,(H,32,35). The normalized spacial score (nSPS) is 11.8. The quantitative estimate of drug-likeness (QED) is 0.377. The molecule has 3 rings (SSSR count). The van der Waals surface area contributed by atoms with Crippen LogP contribution >= 0.6 is 11.6 Å². The molecular weight excluding hydrogens is 472 g/mol. The highest BCUT2D eigenvalue weighted by molar-refractivity contribution is 6.32. The molecule has 0 radical (unpaired) electrons. The van der Waals surface area contributed by atoms with Crippen LogP contribution in [0.4, 0.5) is 0 Å². The molecule has 3 aromatic carbocycles. The first-order valence-corrected chi connectivity index (χ1v) is 12.6. The van der Waals surface area contributed by atoms with E-state index in [4.69, 9.17) is 16.3 Å². The topological polar surface area (TPSA) is 58.6 Å². The number of carbonyl (C=O) groups excluding carboxylic acids is 2. The highest BCUT2D eigenvalue weighted by atomic mass is 35.5. The van der Waals surface area contributed by atoms with E-state index < -0.39 is 6.04 Å². The lowest BCUT2D eigenvalue weighted by Gasteiger charge is -2.32. The molecule has 0 aliphatic heterocycles. The Morgan fingerprint density at radius 2 is 1.53 bits per heavy atom. The summed E-state index contributed by atoms with van der Waals surface area (Å²) in [6, 6.07) is 20.6. The number of aryl methyl sites for hydroxylation is 3. The summed E-state index contributed by atoms with van der Waals surface area (Å²) < 4.78 is 5.91. The molecule has 0 bridgehead atoms. The molecule has 0 fully saturated rings. The zero-order chi connectivity index (χ0) is 26.2. The van der Waals surface area contributed by atoms with Crippen molar-refractivity contribution in [1.82, 2.24) is 10.2 Å². The van der Waals surface area contributed by atoms with Gasteiger partial charge in [-0.3, -0.25) is 9.59 Å². The second kappa shape index (κ2) is 12.6. The van der Waals surface area contributed by atoms with Crippen molar-refractivity contribution < 1.29 is 14.3 Å². The molecule has 0 aliphatic rings.